The van der Waals surface area contributed by atoms with E-state index < -0.39 is 41.6 Å². The minimum atomic E-state index is -4.91. The monoisotopic (exact) mass is 532 g/mol. The van der Waals surface area contributed by atoms with Crippen molar-refractivity contribution in [2.75, 3.05) is 7.11 Å². The Bertz CT molecular complexity index is 1440. The van der Waals surface area contributed by atoms with Crippen LogP contribution in [0.3, 0.4) is 0 Å². The summed E-state index contributed by atoms with van der Waals surface area (Å²) in [4.78, 5) is 15.3. The molecule has 0 saturated carbocycles. The van der Waals surface area contributed by atoms with E-state index in [1.54, 1.807) is 31.4 Å². The summed E-state index contributed by atoms with van der Waals surface area (Å²) in [5.74, 6) is -4.30. The first-order valence-electron chi connectivity index (χ1n) is 11.1. The van der Waals surface area contributed by atoms with E-state index in [1.807, 2.05) is 13.0 Å². The van der Waals surface area contributed by atoms with Gasteiger partial charge in [-0.3, -0.25) is 4.79 Å². The topological polar surface area (TPSA) is 53.3 Å². The zero-order chi connectivity index (χ0) is 27.1. The maximum absolute atomic E-state index is 14.5. The number of allylic oxidation sites excluding steroid dienone is 1. The molecule has 0 saturated heterocycles. The number of thiophene rings is 1. The van der Waals surface area contributed by atoms with Gasteiger partial charge in [-0.1, -0.05) is 6.07 Å². The Morgan fingerprint density at radius 2 is 1.81 bits per heavy atom. The quantitative estimate of drug-likeness (QED) is 0.330. The van der Waals surface area contributed by atoms with Crippen molar-refractivity contribution in [3.63, 3.8) is 0 Å². The van der Waals surface area contributed by atoms with Gasteiger partial charge in [0.15, 0.2) is 0 Å². The maximum Gasteiger partial charge on any atom is 0.399 e. The van der Waals surface area contributed by atoms with Crippen molar-refractivity contribution in [3.05, 3.63) is 82.2 Å². The van der Waals surface area contributed by atoms with Crippen LogP contribution in [0.25, 0.3) is 16.1 Å². The molecule has 2 atom stereocenters. The second-order valence-corrected chi connectivity index (χ2v) is 9.96. The zero-order valence-electron chi connectivity index (χ0n) is 20.0. The number of nitriles is 1. The summed E-state index contributed by atoms with van der Waals surface area (Å²) in [6.07, 6.45) is -4.05. The van der Waals surface area contributed by atoms with E-state index in [-0.39, 0.29) is 11.3 Å². The maximum atomic E-state index is 14.5. The van der Waals surface area contributed by atoms with E-state index in [2.05, 4.69) is 0 Å². The summed E-state index contributed by atoms with van der Waals surface area (Å²) < 4.78 is 75.8. The predicted octanol–water partition coefficient (Wildman–Crippen LogP) is 7.10. The largest absolute Gasteiger partial charge is 0.496 e. The van der Waals surface area contributed by atoms with Gasteiger partial charge in [0.25, 0.3) is 0 Å². The molecule has 2 unspecified atom stereocenters. The molecular weight excluding hydrogens is 511 g/mol. The Balaban J connectivity index is 1.85. The van der Waals surface area contributed by atoms with Crippen molar-refractivity contribution in [1.29, 1.82) is 5.26 Å². The smallest absolute Gasteiger partial charge is 0.399 e. The second kappa shape index (κ2) is 9.63. The van der Waals surface area contributed by atoms with Crippen LogP contribution < -0.4 is 4.74 Å². The lowest BCUT2D eigenvalue weighted by Gasteiger charge is -2.41. The van der Waals surface area contributed by atoms with Gasteiger partial charge >= 0.3 is 6.18 Å². The Morgan fingerprint density at radius 1 is 1.11 bits per heavy atom. The van der Waals surface area contributed by atoms with Gasteiger partial charge in [0, 0.05) is 16.5 Å². The highest BCUT2D eigenvalue weighted by Crippen LogP contribution is 2.51. The van der Waals surface area contributed by atoms with E-state index >= 15 is 0 Å². The number of halogens is 5. The minimum absolute atomic E-state index is 0.0958. The van der Waals surface area contributed by atoms with Crippen molar-refractivity contribution >= 4 is 22.9 Å². The van der Waals surface area contributed by atoms with Crippen molar-refractivity contribution in [1.82, 2.24) is 4.90 Å². The van der Waals surface area contributed by atoms with Gasteiger partial charge in [-0.25, -0.2) is 8.78 Å². The molecule has 192 valence electrons. The molecule has 1 aliphatic rings. The fourth-order valence-electron chi connectivity index (χ4n) is 4.26. The van der Waals surface area contributed by atoms with Crippen molar-refractivity contribution in [2.24, 2.45) is 11.3 Å². The summed E-state index contributed by atoms with van der Waals surface area (Å²) in [6.45, 7) is 2.18. The summed E-state index contributed by atoms with van der Waals surface area (Å²) in [5.41, 5.74) is -1.32. The van der Waals surface area contributed by atoms with Crippen molar-refractivity contribution in [3.8, 4) is 22.3 Å². The molecule has 0 fully saturated rings. The standard InChI is InChI=1S/C27H21F5N2O2S/c1-15-10-16(5-7-22(15)36-3)23-8-9-24(37-23)21-12-26(2,27(30,31)32)19(13-33)25(35)34(21)14-17-4-6-18(28)11-20(17)29/h4-12,19H,14H2,1-3H3. The first kappa shape index (κ1) is 26.4. The van der Waals surface area contributed by atoms with Gasteiger partial charge in [0.1, 0.15) is 28.7 Å². The first-order valence-corrected chi connectivity index (χ1v) is 11.9. The Morgan fingerprint density at radius 3 is 2.41 bits per heavy atom. The molecule has 2 heterocycles. The molecule has 1 aromatic heterocycles. The number of ether oxygens (including phenoxy) is 1. The van der Waals surface area contributed by atoms with Crippen LogP contribution >= 0.6 is 11.3 Å². The van der Waals surface area contributed by atoms with E-state index in [4.69, 9.17) is 4.74 Å². The fraction of sp³-hybridized carbons (Fsp3) is 0.259. The molecule has 0 radical (unpaired) electrons. The van der Waals surface area contributed by atoms with Crippen LogP contribution in [0.2, 0.25) is 0 Å². The molecule has 3 aromatic rings. The van der Waals surface area contributed by atoms with Gasteiger partial charge in [-0.2, -0.15) is 18.4 Å². The van der Waals surface area contributed by atoms with Gasteiger partial charge in [0.05, 0.1) is 30.3 Å². The summed E-state index contributed by atoms with van der Waals surface area (Å²) >= 11 is 1.15. The third-order valence-electron chi connectivity index (χ3n) is 6.46. The normalized spacial score (nSPS) is 20.0. The van der Waals surface area contributed by atoms with Crippen LogP contribution in [0.1, 0.15) is 22.9 Å². The Hall–Kier alpha value is -3.71. The van der Waals surface area contributed by atoms with Crippen LogP contribution in [0.4, 0.5) is 22.0 Å². The fourth-order valence-corrected chi connectivity index (χ4v) is 5.29. The highest BCUT2D eigenvalue weighted by Gasteiger charge is 2.60. The molecule has 0 N–H and O–H groups in total. The van der Waals surface area contributed by atoms with E-state index in [0.29, 0.717) is 16.7 Å². The number of alkyl halides is 3. The number of amides is 1. The predicted molar refractivity (Wildman–Crippen MR) is 129 cm³/mol. The van der Waals surface area contributed by atoms with Crippen LogP contribution in [-0.2, 0) is 11.3 Å². The summed E-state index contributed by atoms with van der Waals surface area (Å²) in [5, 5.41) is 9.56. The van der Waals surface area contributed by atoms with E-state index in [0.717, 1.165) is 57.4 Å². The van der Waals surface area contributed by atoms with E-state index in [9.17, 15) is 32.0 Å². The molecule has 1 aliphatic heterocycles. The molecule has 1 amide bonds. The summed E-state index contributed by atoms with van der Waals surface area (Å²) in [6, 6.07) is 13.0. The number of carbonyl (C=O) groups excluding carboxylic acids is 1. The van der Waals surface area contributed by atoms with Gasteiger partial charge < -0.3 is 9.64 Å². The number of hydrogen-bond donors (Lipinski definition) is 0. The molecule has 0 aliphatic carbocycles. The van der Waals surface area contributed by atoms with Crippen molar-refractivity contribution in [2.45, 2.75) is 26.6 Å². The minimum Gasteiger partial charge on any atom is -0.496 e. The average Bonchev–Trinajstić information content (AvgIpc) is 3.32. The number of nitrogens with zero attached hydrogens (tertiary/aromatic N) is 2. The lowest BCUT2D eigenvalue weighted by atomic mass is 9.73. The number of rotatable bonds is 5. The highest BCUT2D eigenvalue weighted by atomic mass is 32.1. The van der Waals surface area contributed by atoms with Crippen molar-refractivity contribution < 1.29 is 31.5 Å². The third kappa shape index (κ3) is 4.71. The molecule has 10 heteroatoms. The first-order chi connectivity index (χ1) is 17.4. The molecule has 4 nitrogen and oxygen atoms in total. The van der Waals surface area contributed by atoms with E-state index in [1.165, 1.54) is 6.07 Å². The third-order valence-corrected chi connectivity index (χ3v) is 7.62. The van der Waals surface area contributed by atoms with Crippen LogP contribution in [0, 0.1) is 41.2 Å². The van der Waals surface area contributed by atoms with Gasteiger partial charge in [-0.15, -0.1) is 11.3 Å². The average molecular weight is 533 g/mol. The zero-order valence-corrected chi connectivity index (χ0v) is 20.8. The lowest BCUT2D eigenvalue weighted by Crippen LogP contribution is -2.51. The lowest BCUT2D eigenvalue weighted by molar-refractivity contribution is -0.215. The number of aryl methyl sites for hydroxylation is 1. The second-order valence-electron chi connectivity index (χ2n) is 8.88. The summed E-state index contributed by atoms with van der Waals surface area (Å²) in [7, 11) is 1.54. The highest BCUT2D eigenvalue weighted by molar-refractivity contribution is 7.16. The molecular formula is C27H21F5N2O2S. The Labute approximate surface area is 214 Å². The van der Waals surface area contributed by atoms with Gasteiger partial charge in [-0.05, 0) is 67.4 Å². The van der Waals surface area contributed by atoms with Crippen LogP contribution in [0.15, 0.2) is 54.6 Å². The molecule has 0 spiro atoms. The van der Waals surface area contributed by atoms with Crippen LogP contribution in [0.5, 0.6) is 5.75 Å². The number of carbonyl (C=O) groups is 1. The molecule has 2 aromatic carbocycles. The molecule has 4 rings (SSSR count). The molecule has 0 bridgehead atoms. The van der Waals surface area contributed by atoms with Gasteiger partial charge in [0.2, 0.25) is 5.91 Å². The number of benzene rings is 2. The Kier molecular flexibility index (Phi) is 6.86. The SMILES string of the molecule is COc1ccc(-c2ccc(C3=CC(C)(C(F)(F)F)C(C#N)C(=O)N3Cc3ccc(F)cc3F)s2)cc1C. The number of methoxy groups -OCH3 is 1. The molecule has 37 heavy (non-hydrogen) atoms. The van der Waals surface area contributed by atoms with Crippen LogP contribution in [-0.4, -0.2) is 24.1 Å². The number of hydrogen-bond acceptors (Lipinski definition) is 4.